The Kier molecular flexibility index (Phi) is 5.24. The van der Waals surface area contributed by atoms with Crippen molar-refractivity contribution in [3.63, 3.8) is 0 Å². The van der Waals surface area contributed by atoms with Crippen LogP contribution in [0.5, 0.6) is 0 Å². The number of amides is 1. The molecule has 3 atom stereocenters. The Morgan fingerprint density at radius 1 is 1.45 bits per heavy atom. The number of hydrogen-bond acceptors (Lipinski definition) is 3. The maximum absolute atomic E-state index is 12.8. The second-order valence-corrected chi connectivity index (χ2v) is 8.14. The summed E-state index contributed by atoms with van der Waals surface area (Å²) in [4.78, 5) is 14.8. The molecule has 1 aliphatic heterocycles. The zero-order valence-corrected chi connectivity index (χ0v) is 13.8. The summed E-state index contributed by atoms with van der Waals surface area (Å²) in [5, 5.41) is 3.78. The molecule has 0 aromatic carbocycles. The van der Waals surface area contributed by atoms with Gasteiger partial charge in [0.1, 0.15) is 0 Å². The van der Waals surface area contributed by atoms with Crippen LogP contribution >= 0.6 is 0 Å². The monoisotopic (exact) mass is 300 g/mol. The lowest BCUT2D eigenvalue weighted by atomic mass is 9.98. The highest BCUT2D eigenvalue weighted by molar-refractivity contribution is 7.84. The largest absolute Gasteiger partial charge is 0.325 e. The molecular formula is C15H28N2O2S. The number of hydrogen-bond donors (Lipinski definition) is 1. The van der Waals surface area contributed by atoms with Gasteiger partial charge >= 0.3 is 0 Å². The van der Waals surface area contributed by atoms with E-state index in [4.69, 9.17) is 0 Å². The summed E-state index contributed by atoms with van der Waals surface area (Å²) in [7, 11) is -0.805. The molecule has 1 N–H and O–H groups in total. The molecule has 1 spiro atoms. The Morgan fingerprint density at radius 2 is 2.10 bits per heavy atom. The number of carbonyl (C=O) groups excluding carboxylic acids is 1. The van der Waals surface area contributed by atoms with Crippen molar-refractivity contribution >= 4 is 16.7 Å². The average molecular weight is 300 g/mol. The van der Waals surface area contributed by atoms with Gasteiger partial charge in [0.2, 0.25) is 5.91 Å². The van der Waals surface area contributed by atoms with Crippen LogP contribution in [0.2, 0.25) is 0 Å². The van der Waals surface area contributed by atoms with Gasteiger partial charge in [0.05, 0.1) is 11.7 Å². The van der Waals surface area contributed by atoms with Gasteiger partial charge in [-0.3, -0.25) is 14.3 Å². The molecule has 20 heavy (non-hydrogen) atoms. The van der Waals surface area contributed by atoms with Crippen molar-refractivity contribution in [1.29, 1.82) is 0 Å². The maximum Gasteiger partial charge on any atom is 0.244 e. The summed E-state index contributed by atoms with van der Waals surface area (Å²) in [6.07, 6.45) is 9.12. The van der Waals surface area contributed by atoms with Gasteiger partial charge in [0.25, 0.3) is 0 Å². The van der Waals surface area contributed by atoms with E-state index in [0.717, 1.165) is 51.5 Å². The molecule has 116 valence electrons. The first kappa shape index (κ1) is 16.0. The van der Waals surface area contributed by atoms with Gasteiger partial charge in [-0.1, -0.05) is 33.1 Å². The summed E-state index contributed by atoms with van der Waals surface area (Å²) in [5.74, 6) is 0.294. The fraction of sp³-hybridized carbons (Fsp3) is 0.933. The van der Waals surface area contributed by atoms with E-state index in [0.29, 0.717) is 5.91 Å². The zero-order chi connectivity index (χ0) is 14.8. The molecule has 1 heterocycles. The van der Waals surface area contributed by atoms with E-state index in [9.17, 15) is 9.00 Å². The number of carbonyl (C=O) groups is 1. The van der Waals surface area contributed by atoms with Crippen LogP contribution in [0.4, 0.5) is 0 Å². The van der Waals surface area contributed by atoms with Crippen molar-refractivity contribution in [3.8, 4) is 0 Å². The van der Waals surface area contributed by atoms with Gasteiger partial charge in [-0.05, 0) is 25.7 Å². The molecular weight excluding hydrogens is 272 g/mol. The predicted octanol–water partition coefficient (Wildman–Crippen LogP) is 2.01. The van der Waals surface area contributed by atoms with Crippen molar-refractivity contribution < 1.29 is 9.00 Å². The minimum absolute atomic E-state index is 0.158. The van der Waals surface area contributed by atoms with Gasteiger partial charge in [0.15, 0.2) is 0 Å². The summed E-state index contributed by atoms with van der Waals surface area (Å²) < 4.78 is 11.5. The standard InChI is InChI=1S/C15H28N2O2S/c1-4-7-13-16-15(9-5-6-10-15)14(18)17(13)11-8-12(2)20(3)19/h12-13,16H,4-11H2,1-3H3. The molecule has 0 aromatic rings. The Balaban J connectivity index is 2.03. The van der Waals surface area contributed by atoms with Crippen molar-refractivity contribution in [2.24, 2.45) is 0 Å². The fourth-order valence-electron chi connectivity index (χ4n) is 3.46. The van der Waals surface area contributed by atoms with Gasteiger partial charge in [0, 0.05) is 28.9 Å². The summed E-state index contributed by atoms with van der Waals surface area (Å²) in [6.45, 7) is 4.90. The van der Waals surface area contributed by atoms with Gasteiger partial charge in [-0.2, -0.15) is 0 Å². The van der Waals surface area contributed by atoms with E-state index >= 15 is 0 Å². The Hall–Kier alpha value is -0.420. The molecule has 5 heteroatoms. The fourth-order valence-corrected chi connectivity index (χ4v) is 3.89. The quantitative estimate of drug-likeness (QED) is 0.816. The van der Waals surface area contributed by atoms with Crippen molar-refractivity contribution in [1.82, 2.24) is 10.2 Å². The van der Waals surface area contributed by atoms with E-state index in [1.807, 2.05) is 11.8 Å². The summed E-state index contributed by atoms with van der Waals surface area (Å²) in [5.41, 5.74) is -0.269. The summed E-state index contributed by atoms with van der Waals surface area (Å²) >= 11 is 0. The van der Waals surface area contributed by atoms with E-state index < -0.39 is 10.8 Å². The zero-order valence-electron chi connectivity index (χ0n) is 13.0. The van der Waals surface area contributed by atoms with Crippen LogP contribution in [0.15, 0.2) is 0 Å². The Labute approximate surface area is 125 Å². The molecule has 4 nitrogen and oxygen atoms in total. The normalized spacial score (nSPS) is 28.2. The molecule has 1 amide bonds. The van der Waals surface area contributed by atoms with Crippen molar-refractivity contribution in [2.75, 3.05) is 12.8 Å². The van der Waals surface area contributed by atoms with Crippen LogP contribution in [-0.2, 0) is 15.6 Å². The second kappa shape index (κ2) is 6.56. The number of rotatable bonds is 6. The van der Waals surface area contributed by atoms with Gasteiger partial charge < -0.3 is 4.90 Å². The van der Waals surface area contributed by atoms with Crippen LogP contribution in [-0.4, -0.2) is 44.8 Å². The minimum atomic E-state index is -0.805. The lowest BCUT2D eigenvalue weighted by Crippen LogP contribution is -2.44. The molecule has 3 unspecified atom stereocenters. The smallest absolute Gasteiger partial charge is 0.244 e. The molecule has 2 fully saturated rings. The van der Waals surface area contributed by atoms with Crippen LogP contribution in [0.1, 0.15) is 58.8 Å². The second-order valence-electron chi connectivity index (χ2n) is 6.33. The van der Waals surface area contributed by atoms with E-state index in [1.54, 1.807) is 6.26 Å². The lowest BCUT2D eigenvalue weighted by molar-refractivity contribution is -0.133. The number of nitrogens with one attached hydrogen (secondary N) is 1. The molecule has 1 aliphatic carbocycles. The third kappa shape index (κ3) is 3.08. The Morgan fingerprint density at radius 3 is 2.65 bits per heavy atom. The maximum atomic E-state index is 12.8. The first-order valence-electron chi connectivity index (χ1n) is 7.91. The molecule has 1 saturated carbocycles. The van der Waals surface area contributed by atoms with Crippen molar-refractivity contribution in [3.05, 3.63) is 0 Å². The van der Waals surface area contributed by atoms with Crippen LogP contribution in [0.3, 0.4) is 0 Å². The third-order valence-corrected chi connectivity index (χ3v) is 6.22. The predicted molar refractivity (Wildman–Crippen MR) is 82.9 cm³/mol. The lowest BCUT2D eigenvalue weighted by Gasteiger charge is -2.25. The first-order chi connectivity index (χ1) is 9.50. The van der Waals surface area contributed by atoms with Gasteiger partial charge in [-0.15, -0.1) is 0 Å². The van der Waals surface area contributed by atoms with Crippen LogP contribution < -0.4 is 5.32 Å². The molecule has 0 bridgehead atoms. The van der Waals surface area contributed by atoms with Crippen LogP contribution in [0.25, 0.3) is 0 Å². The SMILES string of the molecule is CCCC1NC2(CCCC2)C(=O)N1CCC(C)S(C)=O. The van der Waals surface area contributed by atoms with Crippen LogP contribution in [0, 0.1) is 0 Å². The molecule has 2 aliphatic rings. The molecule has 0 aromatic heterocycles. The highest BCUT2D eigenvalue weighted by Crippen LogP contribution is 2.37. The Bertz CT molecular complexity index is 380. The first-order valence-corrected chi connectivity index (χ1v) is 9.53. The minimum Gasteiger partial charge on any atom is -0.325 e. The topological polar surface area (TPSA) is 49.4 Å². The third-order valence-electron chi connectivity index (χ3n) is 4.85. The molecule has 1 saturated heterocycles. The molecule has 2 rings (SSSR count). The van der Waals surface area contributed by atoms with E-state index in [1.165, 1.54) is 0 Å². The van der Waals surface area contributed by atoms with Crippen molar-refractivity contribution in [2.45, 2.75) is 75.7 Å². The van der Waals surface area contributed by atoms with E-state index in [2.05, 4.69) is 12.2 Å². The highest BCUT2D eigenvalue weighted by atomic mass is 32.2. The van der Waals surface area contributed by atoms with Gasteiger partial charge in [-0.25, -0.2) is 0 Å². The highest BCUT2D eigenvalue weighted by Gasteiger charge is 2.51. The van der Waals surface area contributed by atoms with E-state index in [-0.39, 0.29) is 17.0 Å². The molecule has 0 radical (unpaired) electrons. The summed E-state index contributed by atoms with van der Waals surface area (Å²) in [6, 6.07) is 0. The number of nitrogens with zero attached hydrogens (tertiary/aromatic N) is 1. The average Bonchev–Trinajstić information content (AvgIpc) is 2.96.